The molecule has 0 unspecified atom stereocenters. The van der Waals surface area contributed by atoms with Gasteiger partial charge in [-0.15, -0.1) is 0 Å². The molecule has 0 saturated heterocycles. The zero-order valence-corrected chi connectivity index (χ0v) is 8.93. The highest BCUT2D eigenvalue weighted by atomic mass is 32.2. The molecule has 0 heterocycles. The van der Waals surface area contributed by atoms with Crippen molar-refractivity contribution in [2.75, 3.05) is 26.5 Å². The fraction of sp³-hybridized carbons (Fsp3) is 0.571. The molecule has 2 N–H and O–H groups in total. The number of sulfonamides is 1. The highest BCUT2D eigenvalue weighted by molar-refractivity contribution is 7.88. The summed E-state index contributed by atoms with van der Waals surface area (Å²) in [5.74, 6) is -0.464. The zero-order valence-electron chi connectivity index (χ0n) is 8.11. The van der Waals surface area contributed by atoms with Crippen molar-refractivity contribution >= 4 is 16.0 Å². The quantitative estimate of drug-likeness (QED) is 0.335. The van der Waals surface area contributed by atoms with Crippen LogP contribution in [0.4, 0.5) is 0 Å². The number of nitrogens with one attached hydrogen (secondary N) is 2. The monoisotopic (exact) mass is 222 g/mol. The van der Waals surface area contributed by atoms with E-state index in [0.717, 1.165) is 6.26 Å². The lowest BCUT2D eigenvalue weighted by atomic mass is 10.6. The SMILES string of the molecule is COC(=O)/C=C/NCCNS(C)(=O)=O. The van der Waals surface area contributed by atoms with Crippen molar-refractivity contribution in [3.05, 3.63) is 12.3 Å². The van der Waals surface area contributed by atoms with Gasteiger partial charge >= 0.3 is 5.97 Å². The predicted octanol–water partition coefficient (Wildman–Crippen LogP) is -1.19. The van der Waals surface area contributed by atoms with Gasteiger partial charge in [0.2, 0.25) is 10.0 Å². The molecule has 0 aliphatic rings. The van der Waals surface area contributed by atoms with Gasteiger partial charge in [-0.05, 0) is 0 Å². The highest BCUT2D eigenvalue weighted by Gasteiger charge is 1.96. The van der Waals surface area contributed by atoms with E-state index in [0.29, 0.717) is 6.54 Å². The van der Waals surface area contributed by atoms with Crippen LogP contribution in [0.25, 0.3) is 0 Å². The Hall–Kier alpha value is -1.08. The van der Waals surface area contributed by atoms with Gasteiger partial charge in [0, 0.05) is 25.4 Å². The van der Waals surface area contributed by atoms with Gasteiger partial charge in [0.15, 0.2) is 0 Å². The van der Waals surface area contributed by atoms with Crippen LogP contribution in [-0.4, -0.2) is 40.8 Å². The van der Waals surface area contributed by atoms with E-state index in [4.69, 9.17) is 0 Å². The van der Waals surface area contributed by atoms with E-state index in [1.807, 2.05) is 0 Å². The number of methoxy groups -OCH3 is 1. The molecule has 0 aromatic carbocycles. The number of rotatable bonds is 6. The minimum Gasteiger partial charge on any atom is -0.466 e. The summed E-state index contributed by atoms with van der Waals surface area (Å²) in [6.45, 7) is 0.672. The van der Waals surface area contributed by atoms with E-state index < -0.39 is 16.0 Å². The molecule has 0 spiro atoms. The van der Waals surface area contributed by atoms with Crippen LogP contribution >= 0.6 is 0 Å². The Balaban J connectivity index is 3.48. The third-order valence-electron chi connectivity index (χ3n) is 1.17. The molecule has 0 saturated carbocycles. The second-order valence-corrected chi connectivity index (χ2v) is 4.31. The first-order chi connectivity index (χ1) is 6.45. The molecule has 0 amide bonds. The van der Waals surface area contributed by atoms with Crippen molar-refractivity contribution in [2.45, 2.75) is 0 Å². The van der Waals surface area contributed by atoms with E-state index in [-0.39, 0.29) is 6.54 Å². The molecular formula is C7H14N2O4S. The molecule has 0 aliphatic heterocycles. The number of carbonyl (C=O) groups excluding carboxylic acids is 1. The number of carbonyl (C=O) groups is 1. The Morgan fingerprint density at radius 2 is 2.07 bits per heavy atom. The number of hydrogen-bond acceptors (Lipinski definition) is 5. The first kappa shape index (κ1) is 12.9. The molecule has 82 valence electrons. The van der Waals surface area contributed by atoms with Crippen LogP contribution in [0.15, 0.2) is 12.3 Å². The first-order valence-electron chi connectivity index (χ1n) is 3.88. The largest absolute Gasteiger partial charge is 0.466 e. The maximum absolute atomic E-state index is 10.6. The minimum atomic E-state index is -3.14. The van der Waals surface area contributed by atoms with Crippen LogP contribution in [0.3, 0.4) is 0 Å². The van der Waals surface area contributed by atoms with Gasteiger partial charge in [0.25, 0.3) is 0 Å². The van der Waals surface area contributed by atoms with E-state index in [9.17, 15) is 13.2 Å². The second-order valence-electron chi connectivity index (χ2n) is 2.48. The van der Waals surface area contributed by atoms with Crippen molar-refractivity contribution in [2.24, 2.45) is 0 Å². The molecular weight excluding hydrogens is 208 g/mol. The Morgan fingerprint density at radius 3 is 2.57 bits per heavy atom. The van der Waals surface area contributed by atoms with E-state index in [2.05, 4.69) is 14.8 Å². The predicted molar refractivity (Wildman–Crippen MR) is 52.0 cm³/mol. The second kappa shape index (κ2) is 6.39. The third-order valence-corrected chi connectivity index (χ3v) is 1.90. The van der Waals surface area contributed by atoms with Crippen LogP contribution in [-0.2, 0) is 19.6 Å². The Morgan fingerprint density at radius 1 is 1.43 bits per heavy atom. The van der Waals surface area contributed by atoms with Crippen LogP contribution < -0.4 is 10.0 Å². The van der Waals surface area contributed by atoms with E-state index >= 15 is 0 Å². The normalized spacial score (nSPS) is 11.6. The first-order valence-corrected chi connectivity index (χ1v) is 5.77. The van der Waals surface area contributed by atoms with Gasteiger partial charge in [0.1, 0.15) is 0 Å². The molecule has 7 heteroatoms. The van der Waals surface area contributed by atoms with Gasteiger partial charge in [-0.25, -0.2) is 17.9 Å². The molecule has 0 radical (unpaired) electrons. The summed E-state index contributed by atoms with van der Waals surface area (Å²) in [4.78, 5) is 10.5. The summed E-state index contributed by atoms with van der Waals surface area (Å²) >= 11 is 0. The van der Waals surface area contributed by atoms with Crippen LogP contribution in [0, 0.1) is 0 Å². The zero-order chi connectivity index (χ0) is 11.0. The number of hydrogen-bond donors (Lipinski definition) is 2. The molecule has 0 atom stereocenters. The summed E-state index contributed by atoms with van der Waals surface area (Å²) in [6.07, 6.45) is 3.69. The lowest BCUT2D eigenvalue weighted by Gasteiger charge is -2.01. The average molecular weight is 222 g/mol. The van der Waals surface area contributed by atoms with Crippen LogP contribution in [0.1, 0.15) is 0 Å². The van der Waals surface area contributed by atoms with Gasteiger partial charge in [-0.3, -0.25) is 0 Å². The fourth-order valence-electron chi connectivity index (χ4n) is 0.587. The minimum absolute atomic E-state index is 0.268. The topological polar surface area (TPSA) is 84.5 Å². The van der Waals surface area contributed by atoms with Gasteiger partial charge in [-0.2, -0.15) is 0 Å². The smallest absolute Gasteiger partial charge is 0.331 e. The van der Waals surface area contributed by atoms with Gasteiger partial charge < -0.3 is 10.1 Å². The van der Waals surface area contributed by atoms with Crippen molar-refractivity contribution in [3.8, 4) is 0 Å². The van der Waals surface area contributed by atoms with Gasteiger partial charge in [-0.1, -0.05) is 0 Å². The maximum Gasteiger partial charge on any atom is 0.331 e. The van der Waals surface area contributed by atoms with Crippen molar-refractivity contribution in [3.63, 3.8) is 0 Å². The van der Waals surface area contributed by atoms with Crippen molar-refractivity contribution in [1.82, 2.24) is 10.0 Å². The summed E-state index contributed by atoms with van der Waals surface area (Å²) in [7, 11) is -1.86. The summed E-state index contributed by atoms with van der Waals surface area (Å²) in [6, 6.07) is 0. The molecule has 14 heavy (non-hydrogen) atoms. The summed E-state index contributed by atoms with van der Waals surface area (Å²) in [5.41, 5.74) is 0. The Labute approximate surface area is 83.4 Å². The Kier molecular flexibility index (Phi) is 5.89. The lowest BCUT2D eigenvalue weighted by molar-refractivity contribution is -0.134. The Bertz CT molecular complexity index is 297. The van der Waals surface area contributed by atoms with Crippen LogP contribution in [0.2, 0.25) is 0 Å². The van der Waals surface area contributed by atoms with E-state index in [1.54, 1.807) is 0 Å². The van der Waals surface area contributed by atoms with E-state index in [1.165, 1.54) is 19.4 Å². The molecule has 6 nitrogen and oxygen atoms in total. The lowest BCUT2D eigenvalue weighted by Crippen LogP contribution is -2.29. The molecule has 0 fully saturated rings. The van der Waals surface area contributed by atoms with Crippen molar-refractivity contribution in [1.29, 1.82) is 0 Å². The number of ether oxygens (including phenoxy) is 1. The molecule has 0 aromatic rings. The van der Waals surface area contributed by atoms with Gasteiger partial charge in [0.05, 0.1) is 13.4 Å². The van der Waals surface area contributed by atoms with Crippen LogP contribution in [0.5, 0.6) is 0 Å². The summed E-state index contributed by atoms with van der Waals surface area (Å²) < 4.78 is 27.8. The molecule has 0 bridgehead atoms. The van der Waals surface area contributed by atoms with Crippen molar-refractivity contribution < 1.29 is 17.9 Å². The molecule has 0 aromatic heterocycles. The highest BCUT2D eigenvalue weighted by Crippen LogP contribution is 1.75. The summed E-state index contributed by atoms with van der Waals surface area (Å²) in [5, 5.41) is 2.71. The third kappa shape index (κ3) is 9.01. The number of esters is 1. The standard InChI is InChI=1S/C7H14N2O4S/c1-13-7(10)3-4-8-5-6-9-14(2,11)12/h3-4,8-9H,5-6H2,1-2H3/b4-3+. The molecule has 0 rings (SSSR count). The fourth-order valence-corrected chi connectivity index (χ4v) is 1.06. The average Bonchev–Trinajstić information content (AvgIpc) is 2.08. The maximum atomic E-state index is 10.6. The molecule has 0 aliphatic carbocycles.